The van der Waals surface area contributed by atoms with E-state index in [0.717, 1.165) is 25.7 Å². The molecule has 1 aromatic rings. The summed E-state index contributed by atoms with van der Waals surface area (Å²) in [7, 11) is 1.54. The smallest absolute Gasteiger partial charge is 0.292 e. The molecule has 0 aromatic heterocycles. The molecule has 0 bridgehead atoms. The van der Waals surface area contributed by atoms with Gasteiger partial charge in [0.2, 0.25) is 0 Å². The van der Waals surface area contributed by atoms with Gasteiger partial charge in [-0.25, -0.2) is 0 Å². The van der Waals surface area contributed by atoms with Crippen LogP contribution in [0.3, 0.4) is 0 Å². The molecule has 1 fully saturated rings. The summed E-state index contributed by atoms with van der Waals surface area (Å²) >= 11 is 0. The number of nitro groups is 1. The van der Waals surface area contributed by atoms with Crippen LogP contribution in [0.15, 0.2) is 18.2 Å². The topological polar surface area (TPSA) is 84.6 Å². The molecular formula is C15H22N2O4. The largest absolute Gasteiger partial charge is 0.497 e. The lowest BCUT2D eigenvalue weighted by Crippen LogP contribution is -2.28. The van der Waals surface area contributed by atoms with Crippen LogP contribution in [-0.4, -0.2) is 30.3 Å². The number of benzene rings is 1. The van der Waals surface area contributed by atoms with E-state index in [1.165, 1.54) is 13.2 Å². The fourth-order valence-electron chi connectivity index (χ4n) is 2.98. The highest BCUT2D eigenvalue weighted by atomic mass is 16.6. The standard InChI is InChI=1S/C15H22N2O4/c1-21-13-6-7-15(17(19)20)14(8-13)16-9-11-4-2-3-5-12(11)10-18/h6-8,11-12,16,18H,2-5,9-10H2,1H3. The van der Waals surface area contributed by atoms with Crippen molar-refractivity contribution in [2.45, 2.75) is 25.7 Å². The van der Waals surface area contributed by atoms with Gasteiger partial charge in [0.05, 0.1) is 12.0 Å². The highest BCUT2D eigenvalue weighted by Gasteiger charge is 2.25. The van der Waals surface area contributed by atoms with Crippen LogP contribution in [0.2, 0.25) is 0 Å². The van der Waals surface area contributed by atoms with Gasteiger partial charge in [0, 0.05) is 25.3 Å². The molecule has 2 unspecified atom stereocenters. The van der Waals surface area contributed by atoms with Crippen LogP contribution in [0.5, 0.6) is 5.75 Å². The van der Waals surface area contributed by atoms with Crippen LogP contribution in [-0.2, 0) is 0 Å². The van der Waals surface area contributed by atoms with Crippen LogP contribution < -0.4 is 10.1 Å². The predicted octanol–water partition coefficient (Wildman–Crippen LogP) is 2.81. The highest BCUT2D eigenvalue weighted by Crippen LogP contribution is 2.32. The van der Waals surface area contributed by atoms with Crippen LogP contribution >= 0.6 is 0 Å². The van der Waals surface area contributed by atoms with Gasteiger partial charge in [-0.1, -0.05) is 12.8 Å². The van der Waals surface area contributed by atoms with Crippen LogP contribution in [0, 0.1) is 22.0 Å². The summed E-state index contributed by atoms with van der Waals surface area (Å²) in [4.78, 5) is 10.7. The number of aliphatic hydroxyl groups excluding tert-OH is 1. The first-order valence-corrected chi connectivity index (χ1v) is 7.33. The Bertz CT molecular complexity index is 493. The molecule has 1 saturated carbocycles. The van der Waals surface area contributed by atoms with Crippen molar-refractivity contribution in [3.8, 4) is 5.75 Å². The highest BCUT2D eigenvalue weighted by molar-refractivity contribution is 5.64. The average Bonchev–Trinajstić information content (AvgIpc) is 2.52. The van der Waals surface area contributed by atoms with Crippen molar-refractivity contribution in [3.63, 3.8) is 0 Å². The second-order valence-corrected chi connectivity index (χ2v) is 5.51. The van der Waals surface area contributed by atoms with Crippen LogP contribution in [0.1, 0.15) is 25.7 Å². The SMILES string of the molecule is COc1ccc([N+](=O)[O-])c(NCC2CCCCC2CO)c1. The van der Waals surface area contributed by atoms with E-state index in [0.29, 0.717) is 23.9 Å². The van der Waals surface area contributed by atoms with Crippen LogP contribution in [0.25, 0.3) is 0 Å². The predicted molar refractivity (Wildman–Crippen MR) is 80.7 cm³/mol. The van der Waals surface area contributed by atoms with Crippen molar-refractivity contribution in [1.82, 2.24) is 0 Å². The van der Waals surface area contributed by atoms with E-state index >= 15 is 0 Å². The molecule has 1 aromatic carbocycles. The molecule has 0 amide bonds. The van der Waals surface area contributed by atoms with Crippen molar-refractivity contribution in [1.29, 1.82) is 0 Å². The van der Waals surface area contributed by atoms with E-state index in [9.17, 15) is 15.2 Å². The fourth-order valence-corrected chi connectivity index (χ4v) is 2.98. The Hall–Kier alpha value is -1.82. The van der Waals surface area contributed by atoms with Gasteiger partial charge in [-0.15, -0.1) is 0 Å². The average molecular weight is 294 g/mol. The number of methoxy groups -OCH3 is 1. The van der Waals surface area contributed by atoms with Gasteiger partial charge in [-0.05, 0) is 30.7 Å². The van der Waals surface area contributed by atoms with Gasteiger partial charge in [0.15, 0.2) is 0 Å². The molecule has 6 nitrogen and oxygen atoms in total. The molecule has 0 aliphatic heterocycles. The van der Waals surface area contributed by atoms with Gasteiger partial charge in [0.1, 0.15) is 11.4 Å². The minimum atomic E-state index is -0.397. The lowest BCUT2D eigenvalue weighted by atomic mass is 9.79. The van der Waals surface area contributed by atoms with E-state index in [1.54, 1.807) is 12.1 Å². The number of hydrogen-bond donors (Lipinski definition) is 2. The Morgan fingerprint density at radius 2 is 2.10 bits per heavy atom. The third kappa shape index (κ3) is 3.85. The molecular weight excluding hydrogens is 272 g/mol. The Labute approximate surface area is 124 Å². The molecule has 0 saturated heterocycles. The van der Waals surface area contributed by atoms with Crippen molar-refractivity contribution in [3.05, 3.63) is 28.3 Å². The maximum atomic E-state index is 11.1. The molecule has 0 radical (unpaired) electrons. The molecule has 1 aliphatic rings. The zero-order chi connectivity index (χ0) is 15.2. The molecule has 0 spiro atoms. The number of ether oxygens (including phenoxy) is 1. The lowest BCUT2D eigenvalue weighted by molar-refractivity contribution is -0.384. The molecule has 2 N–H and O–H groups in total. The summed E-state index contributed by atoms with van der Waals surface area (Å²) in [5, 5.41) is 23.7. The second-order valence-electron chi connectivity index (χ2n) is 5.51. The minimum absolute atomic E-state index is 0.0483. The molecule has 1 aliphatic carbocycles. The molecule has 116 valence electrons. The maximum absolute atomic E-state index is 11.1. The summed E-state index contributed by atoms with van der Waals surface area (Å²) < 4.78 is 5.12. The number of nitrogens with zero attached hydrogens (tertiary/aromatic N) is 1. The summed E-state index contributed by atoms with van der Waals surface area (Å²) in [6.07, 6.45) is 4.39. The van der Waals surface area contributed by atoms with Crippen molar-refractivity contribution >= 4 is 11.4 Å². The van der Waals surface area contributed by atoms with Crippen molar-refractivity contribution < 1.29 is 14.8 Å². The monoisotopic (exact) mass is 294 g/mol. The summed E-state index contributed by atoms with van der Waals surface area (Å²) in [6, 6.07) is 4.68. The maximum Gasteiger partial charge on any atom is 0.292 e. The van der Waals surface area contributed by atoms with Gasteiger partial charge >= 0.3 is 0 Å². The number of aliphatic hydroxyl groups is 1. The minimum Gasteiger partial charge on any atom is -0.497 e. The van der Waals surface area contributed by atoms with E-state index in [2.05, 4.69) is 5.32 Å². The van der Waals surface area contributed by atoms with Crippen LogP contribution in [0.4, 0.5) is 11.4 Å². The number of nitrogens with one attached hydrogen (secondary N) is 1. The first kappa shape index (κ1) is 15.6. The molecule has 2 rings (SSSR count). The molecule has 6 heteroatoms. The quantitative estimate of drug-likeness (QED) is 0.622. The van der Waals surface area contributed by atoms with E-state index in [4.69, 9.17) is 4.74 Å². The van der Waals surface area contributed by atoms with E-state index in [-0.39, 0.29) is 18.2 Å². The summed E-state index contributed by atoms with van der Waals surface area (Å²) in [5.74, 6) is 1.23. The van der Waals surface area contributed by atoms with Crippen molar-refractivity contribution in [2.24, 2.45) is 11.8 Å². The third-order valence-corrected chi connectivity index (χ3v) is 4.26. The third-order valence-electron chi connectivity index (χ3n) is 4.26. The number of anilines is 1. The Kier molecular flexibility index (Phi) is 5.38. The number of hydrogen-bond acceptors (Lipinski definition) is 5. The van der Waals surface area contributed by atoms with Crippen molar-refractivity contribution in [2.75, 3.05) is 25.6 Å². The zero-order valence-corrected chi connectivity index (χ0v) is 12.2. The first-order valence-electron chi connectivity index (χ1n) is 7.33. The number of nitro benzene ring substituents is 1. The first-order chi connectivity index (χ1) is 10.2. The summed E-state index contributed by atoms with van der Waals surface area (Å²) in [6.45, 7) is 0.825. The normalized spacial score (nSPS) is 21.8. The zero-order valence-electron chi connectivity index (χ0n) is 12.2. The summed E-state index contributed by atoms with van der Waals surface area (Å²) in [5.41, 5.74) is 0.522. The molecule has 2 atom stereocenters. The Morgan fingerprint density at radius 3 is 2.71 bits per heavy atom. The number of rotatable bonds is 6. The lowest BCUT2D eigenvalue weighted by Gasteiger charge is -2.30. The fraction of sp³-hybridized carbons (Fsp3) is 0.600. The second kappa shape index (κ2) is 7.26. The Morgan fingerprint density at radius 1 is 1.38 bits per heavy atom. The Balaban J connectivity index is 2.09. The van der Waals surface area contributed by atoms with Gasteiger partial charge in [-0.3, -0.25) is 10.1 Å². The van der Waals surface area contributed by atoms with Gasteiger partial charge in [0.25, 0.3) is 5.69 Å². The van der Waals surface area contributed by atoms with Gasteiger partial charge in [-0.2, -0.15) is 0 Å². The van der Waals surface area contributed by atoms with Gasteiger partial charge < -0.3 is 15.2 Å². The van der Waals surface area contributed by atoms with E-state index < -0.39 is 4.92 Å². The molecule has 21 heavy (non-hydrogen) atoms. The van der Waals surface area contributed by atoms with E-state index in [1.807, 2.05) is 0 Å². The molecule has 0 heterocycles.